The number of carbonyl (C=O) groups excluding carboxylic acids is 1. The highest BCUT2D eigenvalue weighted by Gasteiger charge is 2.21. The van der Waals surface area contributed by atoms with Crippen LogP contribution >= 0.6 is 11.6 Å². The highest BCUT2D eigenvalue weighted by molar-refractivity contribution is 6.31. The van der Waals surface area contributed by atoms with Gasteiger partial charge in [0.05, 0.1) is 13.2 Å². The molecule has 0 saturated heterocycles. The molecule has 0 aromatic heterocycles. The van der Waals surface area contributed by atoms with Gasteiger partial charge in [0.1, 0.15) is 18.1 Å². The molecule has 0 spiro atoms. The van der Waals surface area contributed by atoms with Gasteiger partial charge >= 0.3 is 6.03 Å². The Labute approximate surface area is 152 Å². The van der Waals surface area contributed by atoms with Crippen LogP contribution in [0.3, 0.4) is 0 Å². The van der Waals surface area contributed by atoms with E-state index in [1.807, 2.05) is 42.5 Å². The molecule has 0 aliphatic carbocycles. The molecular weight excluding hydrogens is 340 g/mol. The van der Waals surface area contributed by atoms with Crippen molar-refractivity contribution in [3.8, 4) is 11.5 Å². The molecule has 0 unspecified atom stereocenters. The summed E-state index contributed by atoms with van der Waals surface area (Å²) in [5.74, 6) is 1.63. The molecule has 0 radical (unpaired) electrons. The normalized spacial score (nSPS) is 15.7. The number of nitrogens with one attached hydrogen (secondary N) is 2. The quantitative estimate of drug-likeness (QED) is 0.860. The Kier molecular flexibility index (Phi) is 5.66. The maximum Gasteiger partial charge on any atom is 0.315 e. The van der Waals surface area contributed by atoms with Crippen LogP contribution in [-0.2, 0) is 12.8 Å². The first-order valence-corrected chi connectivity index (χ1v) is 8.61. The summed E-state index contributed by atoms with van der Waals surface area (Å²) >= 11 is 6.11. The van der Waals surface area contributed by atoms with Crippen LogP contribution in [-0.4, -0.2) is 32.3 Å². The number of methoxy groups -OCH3 is 1. The standard InChI is InChI=1S/C19H21ClN2O3/c1-24-16-6-7-18-14(11-16)10-15(12-25-18)22-19(23)21-9-8-13-4-2-3-5-17(13)20/h2-7,11,15H,8-10,12H2,1H3,(H2,21,22,23)/t15-/m1/s1. The van der Waals surface area contributed by atoms with E-state index in [0.717, 1.165) is 27.6 Å². The second-order valence-corrected chi connectivity index (χ2v) is 6.33. The number of fused-ring (bicyclic) bond motifs is 1. The number of rotatable bonds is 5. The molecule has 6 heteroatoms. The number of urea groups is 1. The molecule has 2 aromatic rings. The summed E-state index contributed by atoms with van der Waals surface area (Å²) in [5.41, 5.74) is 2.05. The highest BCUT2D eigenvalue weighted by atomic mass is 35.5. The summed E-state index contributed by atoms with van der Waals surface area (Å²) in [6, 6.07) is 13.1. The molecule has 3 rings (SSSR count). The third-order valence-corrected chi connectivity index (χ3v) is 4.52. The van der Waals surface area contributed by atoms with Crippen molar-refractivity contribution in [3.63, 3.8) is 0 Å². The molecule has 1 aliphatic heterocycles. The first-order chi connectivity index (χ1) is 12.2. The molecule has 1 heterocycles. The van der Waals surface area contributed by atoms with Gasteiger partial charge in [-0.1, -0.05) is 29.8 Å². The van der Waals surface area contributed by atoms with Crippen molar-refractivity contribution in [2.75, 3.05) is 20.3 Å². The molecule has 132 valence electrons. The number of halogens is 1. The molecule has 0 fully saturated rings. The smallest absolute Gasteiger partial charge is 0.315 e. The van der Waals surface area contributed by atoms with Crippen LogP contribution in [0.1, 0.15) is 11.1 Å². The second-order valence-electron chi connectivity index (χ2n) is 5.93. The largest absolute Gasteiger partial charge is 0.497 e. The van der Waals surface area contributed by atoms with E-state index in [2.05, 4.69) is 10.6 Å². The summed E-state index contributed by atoms with van der Waals surface area (Å²) in [5, 5.41) is 6.53. The van der Waals surface area contributed by atoms with Crippen molar-refractivity contribution >= 4 is 17.6 Å². The van der Waals surface area contributed by atoms with E-state index in [-0.39, 0.29) is 12.1 Å². The Morgan fingerprint density at radius 3 is 2.96 bits per heavy atom. The first-order valence-electron chi connectivity index (χ1n) is 8.23. The van der Waals surface area contributed by atoms with Crippen LogP contribution in [0.2, 0.25) is 5.02 Å². The summed E-state index contributed by atoms with van der Waals surface area (Å²) in [6.45, 7) is 0.977. The summed E-state index contributed by atoms with van der Waals surface area (Å²) in [6.07, 6.45) is 1.40. The van der Waals surface area contributed by atoms with E-state index in [9.17, 15) is 4.79 Å². The summed E-state index contributed by atoms with van der Waals surface area (Å²) in [7, 11) is 1.63. The molecule has 2 amide bonds. The fourth-order valence-corrected chi connectivity index (χ4v) is 3.07. The zero-order valence-electron chi connectivity index (χ0n) is 14.0. The maximum absolute atomic E-state index is 12.1. The molecule has 1 aliphatic rings. The first kappa shape index (κ1) is 17.4. The fraction of sp³-hybridized carbons (Fsp3) is 0.316. The van der Waals surface area contributed by atoms with Gasteiger partial charge in [-0.25, -0.2) is 4.79 Å². The van der Waals surface area contributed by atoms with Crippen LogP contribution in [0.25, 0.3) is 0 Å². The number of ether oxygens (including phenoxy) is 2. The molecular formula is C19H21ClN2O3. The molecule has 25 heavy (non-hydrogen) atoms. The SMILES string of the molecule is COc1ccc2c(c1)C[C@@H](NC(=O)NCCc1ccccc1Cl)CO2. The molecule has 2 aromatic carbocycles. The van der Waals surface area contributed by atoms with E-state index in [4.69, 9.17) is 21.1 Å². The zero-order valence-corrected chi connectivity index (χ0v) is 14.8. The van der Waals surface area contributed by atoms with Crippen LogP contribution < -0.4 is 20.1 Å². The second kappa shape index (κ2) is 8.12. The number of hydrogen-bond acceptors (Lipinski definition) is 3. The Hall–Kier alpha value is -2.40. The van der Waals surface area contributed by atoms with Gasteiger partial charge in [0.15, 0.2) is 0 Å². The van der Waals surface area contributed by atoms with Gasteiger partial charge in [-0.05, 0) is 48.2 Å². The minimum Gasteiger partial charge on any atom is -0.497 e. The third kappa shape index (κ3) is 4.57. The highest BCUT2D eigenvalue weighted by Crippen LogP contribution is 2.28. The molecule has 1 atom stereocenters. The fourth-order valence-electron chi connectivity index (χ4n) is 2.84. The molecule has 0 saturated carbocycles. The van der Waals surface area contributed by atoms with Crippen molar-refractivity contribution in [2.45, 2.75) is 18.9 Å². The van der Waals surface area contributed by atoms with Gasteiger partial charge in [-0.2, -0.15) is 0 Å². The third-order valence-electron chi connectivity index (χ3n) is 4.15. The van der Waals surface area contributed by atoms with Gasteiger partial charge in [-0.3, -0.25) is 0 Å². The Balaban J connectivity index is 1.48. The minimum absolute atomic E-state index is 0.0695. The monoisotopic (exact) mass is 360 g/mol. The van der Waals surface area contributed by atoms with Crippen molar-refractivity contribution in [1.29, 1.82) is 0 Å². The van der Waals surface area contributed by atoms with E-state index >= 15 is 0 Å². The predicted molar refractivity (Wildman–Crippen MR) is 97.7 cm³/mol. The van der Waals surface area contributed by atoms with Gasteiger partial charge in [0.2, 0.25) is 0 Å². The van der Waals surface area contributed by atoms with Crippen LogP contribution in [0.5, 0.6) is 11.5 Å². The summed E-state index contributed by atoms with van der Waals surface area (Å²) < 4.78 is 10.9. The zero-order chi connectivity index (χ0) is 17.6. The van der Waals surface area contributed by atoms with Gasteiger partial charge in [0, 0.05) is 11.6 Å². The Morgan fingerprint density at radius 2 is 2.16 bits per heavy atom. The maximum atomic E-state index is 12.1. The van der Waals surface area contributed by atoms with Crippen molar-refractivity contribution in [2.24, 2.45) is 0 Å². The van der Waals surface area contributed by atoms with Gasteiger partial charge in [-0.15, -0.1) is 0 Å². The average molecular weight is 361 g/mol. The lowest BCUT2D eigenvalue weighted by molar-refractivity contribution is 0.214. The summed E-state index contributed by atoms with van der Waals surface area (Å²) in [4.78, 5) is 12.1. The van der Waals surface area contributed by atoms with Crippen LogP contribution in [0.4, 0.5) is 4.79 Å². The lowest BCUT2D eigenvalue weighted by Crippen LogP contribution is -2.47. The van der Waals surface area contributed by atoms with Gasteiger partial charge in [0.25, 0.3) is 0 Å². The molecule has 5 nitrogen and oxygen atoms in total. The van der Waals surface area contributed by atoms with Crippen LogP contribution in [0, 0.1) is 0 Å². The van der Waals surface area contributed by atoms with Crippen molar-refractivity contribution < 1.29 is 14.3 Å². The van der Waals surface area contributed by atoms with Crippen LogP contribution in [0.15, 0.2) is 42.5 Å². The topological polar surface area (TPSA) is 59.6 Å². The number of hydrogen-bond donors (Lipinski definition) is 2. The van der Waals surface area contributed by atoms with E-state index in [1.54, 1.807) is 7.11 Å². The lowest BCUT2D eigenvalue weighted by atomic mass is 10.0. The van der Waals surface area contributed by atoms with Crippen molar-refractivity contribution in [3.05, 3.63) is 58.6 Å². The lowest BCUT2D eigenvalue weighted by Gasteiger charge is -2.26. The van der Waals surface area contributed by atoms with E-state index < -0.39 is 0 Å². The molecule has 0 bridgehead atoms. The van der Waals surface area contributed by atoms with Gasteiger partial charge < -0.3 is 20.1 Å². The predicted octanol–water partition coefficient (Wildman–Crippen LogP) is 3.19. The van der Waals surface area contributed by atoms with E-state index in [0.29, 0.717) is 26.0 Å². The number of benzene rings is 2. The van der Waals surface area contributed by atoms with Crippen molar-refractivity contribution in [1.82, 2.24) is 10.6 Å². The Bertz CT molecular complexity index is 751. The average Bonchev–Trinajstić information content (AvgIpc) is 2.62. The van der Waals surface area contributed by atoms with E-state index in [1.165, 1.54) is 0 Å². The number of carbonyl (C=O) groups is 1. The number of amides is 2. The Morgan fingerprint density at radius 1 is 1.32 bits per heavy atom. The minimum atomic E-state index is -0.202. The molecule has 2 N–H and O–H groups in total.